The van der Waals surface area contributed by atoms with Gasteiger partial charge in [0.15, 0.2) is 0 Å². The molecule has 0 spiro atoms. The van der Waals surface area contributed by atoms with Gasteiger partial charge in [-0.3, -0.25) is 0 Å². The zero-order chi connectivity index (χ0) is 21.0. The topological polar surface area (TPSA) is 92.2 Å². The van der Waals surface area contributed by atoms with E-state index in [1.165, 1.54) is 42.3 Å². The molecule has 4 nitrogen and oxygen atoms in total. The minimum absolute atomic E-state index is 0.815. The molecule has 0 aromatic heterocycles. The molecule has 0 N–H and O–H groups in total. The van der Waals surface area contributed by atoms with E-state index in [9.17, 15) is 0 Å². The van der Waals surface area contributed by atoms with Gasteiger partial charge in [0.25, 0.3) is 0 Å². The van der Waals surface area contributed by atoms with Gasteiger partial charge >= 0.3 is 159 Å². The molecule has 0 saturated heterocycles. The Kier molecular flexibility index (Phi) is 61.8. The molecular formula is C16H40Al4O4Si. The third kappa shape index (κ3) is 148. The zero-order valence-electron chi connectivity index (χ0n) is 18.1. The Bertz CT molecular complexity index is 139. The van der Waals surface area contributed by atoms with Crippen LogP contribution in [0, 0.1) is 0 Å². The molecule has 0 amide bonds. The molecule has 0 rings (SSSR count). The first kappa shape index (κ1) is 37.9. The molecule has 0 aliphatic rings. The van der Waals surface area contributed by atoms with E-state index >= 15 is 0 Å². The van der Waals surface area contributed by atoms with Crippen molar-refractivity contribution in [3.05, 3.63) is 0 Å². The predicted octanol–water partition coefficient (Wildman–Crippen LogP) is 1.13. The van der Waals surface area contributed by atoms with E-state index in [0.29, 0.717) is 0 Å². The van der Waals surface area contributed by atoms with E-state index in [1.54, 1.807) is 0 Å². The Hall–Kier alpha value is 2.19. The first-order valence-electron chi connectivity index (χ1n) is 9.74. The monoisotopic (exact) mass is 432 g/mol. The van der Waals surface area contributed by atoms with Crippen LogP contribution in [-0.4, -0.2) is 69.9 Å². The van der Waals surface area contributed by atoms with Gasteiger partial charge in [0.05, 0.1) is 0 Å². The van der Waals surface area contributed by atoms with Crippen LogP contribution in [0.4, 0.5) is 0 Å². The maximum Gasteiger partial charge on any atom is -0.426 e. The van der Waals surface area contributed by atoms with Gasteiger partial charge in [0, 0.05) is 0 Å². The molecule has 0 unspecified atom stereocenters. The van der Waals surface area contributed by atoms with Crippen LogP contribution in [0.3, 0.4) is 0 Å². The van der Waals surface area contributed by atoms with Crippen LogP contribution in [0.1, 0.15) is 55.4 Å². The Labute approximate surface area is 185 Å². The summed E-state index contributed by atoms with van der Waals surface area (Å²) in [4.78, 5) is 34.3. The Morgan fingerprint density at radius 3 is 0.480 bits per heavy atom. The van der Waals surface area contributed by atoms with Crippen molar-refractivity contribution in [2.24, 2.45) is 0 Å². The fraction of sp³-hybridized carbons (Fsp3) is 1.00. The number of rotatable bonds is 8. The smallest absolute Gasteiger partial charge is 0.426 e. The zero-order valence-corrected chi connectivity index (χ0v) is 23.7. The number of hydrogen-bond donors (Lipinski definition) is 0. The van der Waals surface area contributed by atoms with Gasteiger partial charge in [-0.05, 0) is 0 Å². The van der Waals surface area contributed by atoms with Crippen molar-refractivity contribution >= 4 is 69.9 Å². The van der Waals surface area contributed by atoms with E-state index in [-0.39, 0.29) is 0 Å². The largest absolute Gasteiger partial charge is 0.894 e. The normalized spacial score (nSPS) is 7.84. The van der Waals surface area contributed by atoms with Crippen molar-refractivity contribution < 1.29 is 19.2 Å². The summed E-state index contributed by atoms with van der Waals surface area (Å²) < 4.78 is 0. The van der Waals surface area contributed by atoms with Gasteiger partial charge in [0.2, 0.25) is 0 Å². The van der Waals surface area contributed by atoms with Crippen LogP contribution in [-0.2, 0) is 0 Å². The van der Waals surface area contributed by atoms with Gasteiger partial charge in [-0.15, -0.1) is 0 Å². The van der Waals surface area contributed by atoms with Gasteiger partial charge < -0.3 is 28.2 Å². The quantitative estimate of drug-likeness (QED) is 0.538. The third-order valence-corrected chi connectivity index (χ3v) is 6.93. The molecule has 0 aliphatic heterocycles. The second-order valence-electron chi connectivity index (χ2n) is 4.92. The minimum atomic E-state index is -5.61. The summed E-state index contributed by atoms with van der Waals surface area (Å²) in [6.45, 7) is 18.0. The molecule has 0 atom stereocenters. The maximum absolute atomic E-state index is 8.58. The summed E-state index contributed by atoms with van der Waals surface area (Å²) >= 11 is 3.26. The first-order valence-corrected chi connectivity index (χ1v) is 17.9. The van der Waals surface area contributed by atoms with Crippen LogP contribution >= 0.6 is 0 Å². The molecule has 0 bridgehead atoms. The first-order chi connectivity index (χ1) is 11.7. The Morgan fingerprint density at radius 1 is 0.400 bits per heavy atom. The summed E-state index contributed by atoms with van der Waals surface area (Å²) in [6.07, 6.45) is 0. The molecule has 9 heteroatoms. The van der Waals surface area contributed by atoms with Gasteiger partial charge in [0.1, 0.15) is 0 Å². The fourth-order valence-corrected chi connectivity index (χ4v) is 3.46. The van der Waals surface area contributed by atoms with Crippen molar-refractivity contribution in [2.45, 2.75) is 97.7 Å². The van der Waals surface area contributed by atoms with Gasteiger partial charge in [-0.2, -0.15) is 0 Å². The van der Waals surface area contributed by atoms with Gasteiger partial charge in [-0.25, -0.2) is 0 Å². The molecular weight excluding hydrogens is 392 g/mol. The summed E-state index contributed by atoms with van der Waals surface area (Å²) in [7, 11) is -5.61. The third-order valence-electron chi connectivity index (χ3n) is 2.31. The van der Waals surface area contributed by atoms with Crippen LogP contribution in [0.2, 0.25) is 42.3 Å². The summed E-state index contributed by atoms with van der Waals surface area (Å²) in [5.74, 6) is 0. The van der Waals surface area contributed by atoms with Crippen molar-refractivity contribution in [1.82, 2.24) is 0 Å². The molecule has 0 radical (unpaired) electrons. The molecule has 0 aromatic rings. The van der Waals surface area contributed by atoms with E-state index in [0.717, 1.165) is 60.9 Å². The summed E-state index contributed by atoms with van der Waals surface area (Å²) in [5, 5.41) is 11.4. The molecule has 0 fully saturated rings. The Balaban J connectivity index is -0.0000000667. The van der Waals surface area contributed by atoms with E-state index in [2.05, 4.69) is 55.4 Å². The van der Waals surface area contributed by atoms with Crippen LogP contribution in [0.15, 0.2) is 0 Å². The van der Waals surface area contributed by atoms with Crippen LogP contribution in [0.25, 0.3) is 0 Å². The Morgan fingerprint density at radius 2 is 0.480 bits per heavy atom. The second-order valence-corrected chi connectivity index (χ2v) is 14.8. The summed E-state index contributed by atoms with van der Waals surface area (Å²) in [5.41, 5.74) is 0. The average molecular weight is 433 g/mol. The molecule has 0 aromatic carbocycles. The fourth-order valence-electron chi connectivity index (χ4n) is 1.15. The summed E-state index contributed by atoms with van der Waals surface area (Å²) in [6, 6.07) is 0. The van der Waals surface area contributed by atoms with Crippen molar-refractivity contribution in [3.8, 4) is 0 Å². The SMILES string of the molecule is C[CH2][Al+][CH2]C.C[CH2][Al+][CH2]C.C[CH2][Al+][CH2]C.C[CH2][Al+][CH2]C.[O-][Si]([O-])([O-])[O-]. The average Bonchev–Trinajstić information content (AvgIpc) is 2.51. The van der Waals surface area contributed by atoms with Crippen molar-refractivity contribution in [1.29, 1.82) is 0 Å². The predicted molar refractivity (Wildman–Crippen MR) is 113 cm³/mol. The molecule has 0 saturated carbocycles. The standard InChI is InChI=1S/8C2H5.4Al.O4Si/c8*1-2;;;;;1-5(2,3)4/h8*1H2,2H3;;;;;/q;;;;;;;;4*+1;-4. The van der Waals surface area contributed by atoms with Crippen molar-refractivity contribution in [3.63, 3.8) is 0 Å². The van der Waals surface area contributed by atoms with E-state index in [1.807, 2.05) is 0 Å². The minimum Gasteiger partial charge on any atom is -0.894 e. The second kappa shape index (κ2) is 40.8. The van der Waals surface area contributed by atoms with E-state index in [4.69, 9.17) is 19.2 Å². The van der Waals surface area contributed by atoms with Crippen LogP contribution in [0.5, 0.6) is 0 Å². The number of hydrogen-bond acceptors (Lipinski definition) is 4. The molecule has 0 aliphatic carbocycles. The van der Waals surface area contributed by atoms with Gasteiger partial charge in [-0.1, -0.05) is 0 Å². The van der Waals surface area contributed by atoms with Crippen LogP contribution < -0.4 is 19.2 Å². The molecule has 0 heterocycles. The molecule has 25 heavy (non-hydrogen) atoms. The van der Waals surface area contributed by atoms with E-state index < -0.39 is 9.05 Å². The van der Waals surface area contributed by atoms with Crippen molar-refractivity contribution in [2.75, 3.05) is 0 Å². The maximum atomic E-state index is 8.58. The molecule has 144 valence electrons.